The predicted octanol–water partition coefficient (Wildman–Crippen LogP) is 5.50. The lowest BCUT2D eigenvalue weighted by molar-refractivity contribution is -0.118. The smallest absolute Gasteiger partial charge is 0.137 e. The maximum atomic E-state index is 12.6. The van der Waals surface area contributed by atoms with Gasteiger partial charge in [-0.2, -0.15) is 0 Å². The van der Waals surface area contributed by atoms with Gasteiger partial charge in [0.15, 0.2) is 0 Å². The maximum Gasteiger partial charge on any atom is 0.137 e. The summed E-state index contributed by atoms with van der Waals surface area (Å²) in [6.45, 7) is 7.91. The number of benzene rings is 2. The Morgan fingerprint density at radius 1 is 1.07 bits per heavy atom. The van der Waals surface area contributed by atoms with Crippen molar-refractivity contribution < 1.29 is 9.53 Å². The molecule has 1 heterocycles. The highest BCUT2D eigenvalue weighted by atomic mass is 35.5. The molecule has 1 aliphatic heterocycles. The molecule has 0 aliphatic carbocycles. The number of nitrogen functional groups attached to an aromatic ring is 1. The van der Waals surface area contributed by atoms with Gasteiger partial charge in [0.05, 0.1) is 10.7 Å². The normalized spacial score (nSPS) is 14.6. The molecular formula is C25H33ClN2O2. The number of nitrogens with two attached hydrogens (primary N) is 1. The minimum Gasteiger partial charge on any atom is -0.489 e. The van der Waals surface area contributed by atoms with Gasteiger partial charge in [0.2, 0.25) is 0 Å². The molecule has 4 nitrogen and oxygen atoms in total. The Balaban J connectivity index is 1.60. The number of carbonyl (C=O) groups excluding carboxylic acids is 1. The number of Topliss-reactive ketones (excluding diaryl/α,β-unsaturated/α-hetero) is 1. The molecular weight excluding hydrogens is 396 g/mol. The first-order chi connectivity index (χ1) is 14.4. The largest absolute Gasteiger partial charge is 0.489 e. The SMILES string of the molecule is Cc1cc(C)cc(COc2cc(N)c(Cl)cc2CC(=O)CCCN2CCCCC2)c1. The number of piperidine rings is 1. The number of rotatable bonds is 9. The molecule has 2 aromatic rings. The summed E-state index contributed by atoms with van der Waals surface area (Å²) in [4.78, 5) is 15.1. The third-order valence-electron chi connectivity index (χ3n) is 5.62. The Kier molecular flexibility index (Phi) is 8.17. The topological polar surface area (TPSA) is 55.6 Å². The van der Waals surface area contributed by atoms with E-state index in [0.717, 1.165) is 37.2 Å². The Morgan fingerprint density at radius 3 is 2.47 bits per heavy atom. The van der Waals surface area contributed by atoms with Crippen molar-refractivity contribution in [2.45, 2.75) is 59.0 Å². The van der Waals surface area contributed by atoms with Gasteiger partial charge in [-0.05, 0) is 64.4 Å². The van der Waals surface area contributed by atoms with Gasteiger partial charge in [-0.25, -0.2) is 0 Å². The van der Waals surface area contributed by atoms with E-state index in [1.165, 1.54) is 30.4 Å². The molecule has 0 saturated carbocycles. The van der Waals surface area contributed by atoms with Crippen LogP contribution in [0.4, 0.5) is 5.69 Å². The fourth-order valence-electron chi connectivity index (χ4n) is 4.18. The lowest BCUT2D eigenvalue weighted by Crippen LogP contribution is -2.30. The van der Waals surface area contributed by atoms with Crippen molar-refractivity contribution in [3.63, 3.8) is 0 Å². The molecule has 1 fully saturated rings. The highest BCUT2D eigenvalue weighted by Gasteiger charge is 2.14. The zero-order valence-corrected chi connectivity index (χ0v) is 18.9. The number of nitrogens with zero attached hydrogens (tertiary/aromatic N) is 1. The van der Waals surface area contributed by atoms with Crippen LogP contribution >= 0.6 is 11.6 Å². The molecule has 162 valence electrons. The minimum absolute atomic E-state index is 0.212. The fraction of sp³-hybridized carbons (Fsp3) is 0.480. The summed E-state index contributed by atoms with van der Waals surface area (Å²) in [6.07, 6.45) is 5.69. The summed E-state index contributed by atoms with van der Waals surface area (Å²) < 4.78 is 6.07. The zero-order chi connectivity index (χ0) is 21.5. The molecule has 2 aromatic carbocycles. The van der Waals surface area contributed by atoms with E-state index in [1.54, 1.807) is 12.1 Å². The molecule has 30 heavy (non-hydrogen) atoms. The van der Waals surface area contributed by atoms with E-state index in [9.17, 15) is 4.79 Å². The van der Waals surface area contributed by atoms with E-state index in [1.807, 2.05) is 0 Å². The van der Waals surface area contributed by atoms with Gasteiger partial charge in [0.1, 0.15) is 18.1 Å². The molecule has 0 bridgehead atoms. The molecule has 0 radical (unpaired) electrons. The van der Waals surface area contributed by atoms with Gasteiger partial charge in [0.25, 0.3) is 0 Å². The van der Waals surface area contributed by atoms with E-state index in [4.69, 9.17) is 22.1 Å². The quantitative estimate of drug-likeness (QED) is 0.536. The Hall–Kier alpha value is -2.04. The van der Waals surface area contributed by atoms with E-state index < -0.39 is 0 Å². The summed E-state index contributed by atoms with van der Waals surface area (Å²) >= 11 is 6.24. The predicted molar refractivity (Wildman–Crippen MR) is 124 cm³/mol. The number of anilines is 1. The average molecular weight is 429 g/mol. The molecule has 1 aliphatic rings. The van der Waals surface area contributed by atoms with E-state index in [0.29, 0.717) is 35.9 Å². The van der Waals surface area contributed by atoms with Crippen molar-refractivity contribution in [3.05, 3.63) is 57.6 Å². The summed E-state index contributed by atoms with van der Waals surface area (Å²) in [5.41, 5.74) is 10.8. The van der Waals surface area contributed by atoms with Gasteiger partial charge in [0, 0.05) is 24.5 Å². The molecule has 0 amide bonds. The summed E-state index contributed by atoms with van der Waals surface area (Å²) in [6, 6.07) is 9.87. The molecule has 0 atom stereocenters. The van der Waals surface area contributed by atoms with Crippen LogP contribution < -0.4 is 10.5 Å². The van der Waals surface area contributed by atoms with Crippen LogP contribution in [0.3, 0.4) is 0 Å². The molecule has 5 heteroatoms. The van der Waals surface area contributed by atoms with Crippen molar-refractivity contribution in [2.75, 3.05) is 25.4 Å². The number of carbonyl (C=O) groups is 1. The molecule has 0 spiro atoms. The zero-order valence-electron chi connectivity index (χ0n) is 18.2. The van der Waals surface area contributed by atoms with E-state index in [2.05, 4.69) is 36.9 Å². The highest BCUT2D eigenvalue weighted by Crippen LogP contribution is 2.30. The Morgan fingerprint density at radius 2 is 1.77 bits per heavy atom. The second-order valence-corrected chi connectivity index (χ2v) is 8.89. The van der Waals surface area contributed by atoms with Crippen LogP contribution in [0.25, 0.3) is 0 Å². The highest BCUT2D eigenvalue weighted by molar-refractivity contribution is 6.33. The number of likely N-dealkylation sites (tertiary alicyclic amines) is 1. The fourth-order valence-corrected chi connectivity index (χ4v) is 4.37. The van der Waals surface area contributed by atoms with Gasteiger partial charge >= 0.3 is 0 Å². The second-order valence-electron chi connectivity index (χ2n) is 8.49. The van der Waals surface area contributed by atoms with Crippen LogP contribution in [0.15, 0.2) is 30.3 Å². The van der Waals surface area contributed by atoms with Crippen LogP contribution in [0, 0.1) is 13.8 Å². The summed E-state index contributed by atoms with van der Waals surface area (Å²) in [7, 11) is 0. The third-order valence-corrected chi connectivity index (χ3v) is 5.95. The van der Waals surface area contributed by atoms with Crippen molar-refractivity contribution in [1.82, 2.24) is 4.90 Å². The van der Waals surface area contributed by atoms with Crippen LogP contribution in [0.1, 0.15) is 54.4 Å². The van der Waals surface area contributed by atoms with Crippen LogP contribution in [0.2, 0.25) is 5.02 Å². The minimum atomic E-state index is 0.212. The van der Waals surface area contributed by atoms with Gasteiger partial charge in [-0.3, -0.25) is 4.79 Å². The number of aryl methyl sites for hydroxylation is 2. The first kappa shape index (κ1) is 22.6. The summed E-state index contributed by atoms with van der Waals surface area (Å²) in [5, 5.41) is 0.463. The van der Waals surface area contributed by atoms with Crippen LogP contribution in [0.5, 0.6) is 5.75 Å². The summed E-state index contributed by atoms with van der Waals surface area (Å²) in [5.74, 6) is 0.851. The maximum absolute atomic E-state index is 12.6. The second kappa shape index (κ2) is 10.8. The van der Waals surface area contributed by atoms with Crippen molar-refractivity contribution in [3.8, 4) is 5.75 Å². The van der Waals surface area contributed by atoms with Gasteiger partial charge < -0.3 is 15.4 Å². The molecule has 2 N–H and O–H groups in total. The molecule has 0 aromatic heterocycles. The van der Waals surface area contributed by atoms with Crippen LogP contribution in [-0.4, -0.2) is 30.3 Å². The first-order valence-electron chi connectivity index (χ1n) is 10.9. The Bertz CT molecular complexity index is 855. The third kappa shape index (κ3) is 6.75. The Labute approximate surface area is 185 Å². The number of hydrogen-bond acceptors (Lipinski definition) is 4. The van der Waals surface area contributed by atoms with Crippen molar-refractivity contribution in [2.24, 2.45) is 0 Å². The standard InChI is InChI=1S/C25H33ClN2O2/c1-18-11-19(2)13-20(12-18)17-30-25-16-24(27)23(26)15-21(25)14-22(29)7-6-10-28-8-4-3-5-9-28/h11-13,15-16H,3-10,14,17,27H2,1-2H3. The lowest BCUT2D eigenvalue weighted by atomic mass is 10.0. The lowest BCUT2D eigenvalue weighted by Gasteiger charge is -2.26. The molecule has 1 saturated heterocycles. The van der Waals surface area contributed by atoms with Gasteiger partial charge in [-0.1, -0.05) is 47.3 Å². The monoisotopic (exact) mass is 428 g/mol. The average Bonchev–Trinajstić information content (AvgIpc) is 2.69. The number of ketones is 1. The number of hydrogen-bond donors (Lipinski definition) is 1. The first-order valence-corrected chi connectivity index (χ1v) is 11.3. The molecule has 0 unspecified atom stereocenters. The van der Waals surface area contributed by atoms with Crippen LogP contribution in [-0.2, 0) is 17.8 Å². The number of halogens is 1. The number of ether oxygens (including phenoxy) is 1. The van der Waals surface area contributed by atoms with Gasteiger partial charge in [-0.15, -0.1) is 0 Å². The van der Waals surface area contributed by atoms with Crippen molar-refractivity contribution in [1.29, 1.82) is 0 Å². The molecule has 3 rings (SSSR count). The van der Waals surface area contributed by atoms with E-state index >= 15 is 0 Å². The van der Waals surface area contributed by atoms with E-state index in [-0.39, 0.29) is 5.78 Å². The van der Waals surface area contributed by atoms with Crippen molar-refractivity contribution >= 4 is 23.1 Å².